The Hall–Kier alpha value is -1.62. The van der Waals surface area contributed by atoms with Crippen molar-refractivity contribution in [3.05, 3.63) is 17.2 Å². The van der Waals surface area contributed by atoms with E-state index in [-0.39, 0.29) is 11.9 Å². The summed E-state index contributed by atoms with van der Waals surface area (Å²) in [7, 11) is 3.13. The molecule has 2 rings (SSSR count). The molecule has 0 aliphatic carbocycles. The van der Waals surface area contributed by atoms with Crippen LogP contribution in [0.2, 0.25) is 5.02 Å². The highest BCUT2D eigenvalue weighted by Gasteiger charge is 2.28. The summed E-state index contributed by atoms with van der Waals surface area (Å²) in [6.07, 6.45) is 1.17. The van der Waals surface area contributed by atoms with Gasteiger partial charge >= 0.3 is 0 Å². The molecule has 6 heteroatoms. The zero-order chi connectivity index (χ0) is 17.9. The Labute approximate surface area is 149 Å². The van der Waals surface area contributed by atoms with E-state index in [4.69, 9.17) is 21.1 Å². The van der Waals surface area contributed by atoms with E-state index in [2.05, 4.69) is 19.2 Å². The number of rotatable bonds is 5. The minimum Gasteiger partial charge on any atom is -0.495 e. The van der Waals surface area contributed by atoms with Gasteiger partial charge in [-0.25, -0.2) is 0 Å². The van der Waals surface area contributed by atoms with E-state index < -0.39 is 0 Å². The molecule has 1 fully saturated rings. The van der Waals surface area contributed by atoms with Gasteiger partial charge in [-0.3, -0.25) is 4.79 Å². The number of nitrogens with one attached hydrogen (secondary N) is 1. The predicted octanol–water partition coefficient (Wildman–Crippen LogP) is 3.66. The standard InChI is InChI=1S/C18H27ClN2O3/c1-11-6-12(2)10-21(9-11)18(22)13(3)20-15-7-14(19)16(23-4)8-17(15)24-5/h7-8,11-13,20H,6,9-10H2,1-5H3/t11-,12-,13+/m0/s1. The summed E-state index contributed by atoms with van der Waals surface area (Å²) in [5.41, 5.74) is 0.683. The van der Waals surface area contributed by atoms with Crippen LogP contribution in [-0.2, 0) is 4.79 Å². The van der Waals surface area contributed by atoms with Crippen LogP contribution in [0.25, 0.3) is 0 Å². The number of nitrogens with zero attached hydrogens (tertiary/aromatic N) is 1. The van der Waals surface area contributed by atoms with E-state index in [1.54, 1.807) is 26.4 Å². The van der Waals surface area contributed by atoms with Gasteiger partial charge in [-0.2, -0.15) is 0 Å². The molecule has 1 aliphatic rings. The molecule has 0 spiro atoms. The van der Waals surface area contributed by atoms with Crippen molar-refractivity contribution in [2.75, 3.05) is 32.6 Å². The third kappa shape index (κ3) is 4.26. The first-order valence-corrected chi connectivity index (χ1v) is 8.70. The third-order valence-electron chi connectivity index (χ3n) is 4.40. The van der Waals surface area contributed by atoms with Gasteiger partial charge in [0.2, 0.25) is 5.91 Å². The molecule has 0 unspecified atom stereocenters. The summed E-state index contributed by atoms with van der Waals surface area (Å²) in [6, 6.07) is 3.08. The van der Waals surface area contributed by atoms with Crippen molar-refractivity contribution in [3.63, 3.8) is 0 Å². The van der Waals surface area contributed by atoms with Crippen molar-refractivity contribution >= 4 is 23.2 Å². The van der Waals surface area contributed by atoms with Crippen molar-refractivity contribution in [2.45, 2.75) is 33.2 Å². The number of hydrogen-bond donors (Lipinski definition) is 1. The summed E-state index contributed by atoms with van der Waals surface area (Å²) >= 11 is 6.19. The fourth-order valence-electron chi connectivity index (χ4n) is 3.38. The quantitative estimate of drug-likeness (QED) is 0.876. The van der Waals surface area contributed by atoms with Gasteiger partial charge in [0.15, 0.2) is 0 Å². The SMILES string of the molecule is COc1cc(OC)c(N[C@H](C)C(=O)N2C[C@@H](C)C[C@H](C)C2)cc1Cl. The summed E-state index contributed by atoms with van der Waals surface area (Å²) in [5, 5.41) is 3.70. The molecule has 1 aromatic rings. The molecule has 1 saturated heterocycles. The van der Waals surface area contributed by atoms with Crippen molar-refractivity contribution in [1.82, 2.24) is 4.90 Å². The Morgan fingerprint density at radius 3 is 2.33 bits per heavy atom. The molecule has 134 valence electrons. The molecule has 0 aromatic heterocycles. The number of carbonyl (C=O) groups is 1. The maximum atomic E-state index is 12.8. The first-order valence-electron chi connectivity index (χ1n) is 8.32. The van der Waals surface area contributed by atoms with E-state index in [9.17, 15) is 4.79 Å². The number of hydrogen-bond acceptors (Lipinski definition) is 4. The molecule has 5 nitrogen and oxygen atoms in total. The number of ether oxygens (including phenoxy) is 2. The number of methoxy groups -OCH3 is 2. The molecule has 0 saturated carbocycles. The van der Waals surface area contributed by atoms with Gasteiger partial charge in [0, 0.05) is 19.2 Å². The number of anilines is 1. The number of halogens is 1. The third-order valence-corrected chi connectivity index (χ3v) is 4.69. The van der Waals surface area contributed by atoms with E-state index in [0.29, 0.717) is 34.0 Å². The number of likely N-dealkylation sites (tertiary alicyclic amines) is 1. The second-order valence-corrected chi connectivity index (χ2v) is 7.15. The maximum Gasteiger partial charge on any atom is 0.244 e. The summed E-state index contributed by atoms with van der Waals surface area (Å²) in [4.78, 5) is 14.7. The first kappa shape index (κ1) is 18.7. The van der Waals surface area contributed by atoms with Crippen LogP contribution >= 0.6 is 11.6 Å². The smallest absolute Gasteiger partial charge is 0.244 e. The van der Waals surface area contributed by atoms with Gasteiger partial charge in [-0.05, 0) is 31.2 Å². The predicted molar refractivity (Wildman–Crippen MR) is 97.2 cm³/mol. The Morgan fingerprint density at radius 1 is 1.21 bits per heavy atom. The minimum atomic E-state index is -0.360. The molecule has 0 radical (unpaired) electrons. The second-order valence-electron chi connectivity index (χ2n) is 6.74. The van der Waals surface area contributed by atoms with E-state index in [1.165, 1.54) is 6.42 Å². The lowest BCUT2D eigenvalue weighted by Gasteiger charge is -2.36. The fourth-order valence-corrected chi connectivity index (χ4v) is 3.63. The highest BCUT2D eigenvalue weighted by Crippen LogP contribution is 2.36. The lowest BCUT2D eigenvalue weighted by Crippen LogP contribution is -2.48. The van der Waals surface area contributed by atoms with Crippen molar-refractivity contribution in [1.29, 1.82) is 0 Å². The van der Waals surface area contributed by atoms with Gasteiger partial charge in [0.05, 0.1) is 24.9 Å². The lowest BCUT2D eigenvalue weighted by atomic mass is 9.91. The molecule has 1 aromatic carbocycles. The van der Waals surface area contributed by atoms with Gasteiger partial charge in [0.25, 0.3) is 0 Å². The Kier molecular flexibility index (Phi) is 6.21. The van der Waals surface area contributed by atoms with Crippen LogP contribution in [0.1, 0.15) is 27.2 Å². The number of carbonyl (C=O) groups excluding carboxylic acids is 1. The highest BCUT2D eigenvalue weighted by molar-refractivity contribution is 6.32. The van der Waals surface area contributed by atoms with Crippen molar-refractivity contribution < 1.29 is 14.3 Å². The van der Waals surface area contributed by atoms with Gasteiger partial charge < -0.3 is 19.7 Å². The lowest BCUT2D eigenvalue weighted by molar-refractivity contribution is -0.134. The molecule has 3 atom stereocenters. The molecular formula is C18H27ClN2O3. The highest BCUT2D eigenvalue weighted by atomic mass is 35.5. The molecule has 1 heterocycles. The van der Waals surface area contributed by atoms with Crippen LogP contribution in [0.4, 0.5) is 5.69 Å². The van der Waals surface area contributed by atoms with Gasteiger partial charge in [-0.1, -0.05) is 25.4 Å². The summed E-state index contributed by atoms with van der Waals surface area (Å²) in [6.45, 7) is 7.88. The monoisotopic (exact) mass is 354 g/mol. The number of benzene rings is 1. The summed E-state index contributed by atoms with van der Waals surface area (Å²) in [5.74, 6) is 2.31. The average Bonchev–Trinajstić information content (AvgIpc) is 2.53. The van der Waals surface area contributed by atoms with Crippen LogP contribution < -0.4 is 14.8 Å². The number of piperidine rings is 1. The summed E-state index contributed by atoms with van der Waals surface area (Å²) < 4.78 is 10.6. The van der Waals surface area contributed by atoms with Crippen molar-refractivity contribution in [3.8, 4) is 11.5 Å². The van der Waals surface area contributed by atoms with Crippen LogP contribution in [0.3, 0.4) is 0 Å². The van der Waals surface area contributed by atoms with E-state index >= 15 is 0 Å². The normalized spacial score (nSPS) is 22.0. The Bertz CT molecular complexity index is 584. The second kappa shape index (κ2) is 7.97. The zero-order valence-corrected chi connectivity index (χ0v) is 15.8. The molecule has 1 N–H and O–H groups in total. The van der Waals surface area contributed by atoms with Crippen molar-refractivity contribution in [2.24, 2.45) is 11.8 Å². The van der Waals surface area contributed by atoms with Crippen LogP contribution in [-0.4, -0.2) is 44.2 Å². The first-order chi connectivity index (χ1) is 11.3. The Balaban J connectivity index is 2.12. The molecule has 1 amide bonds. The number of amides is 1. The largest absolute Gasteiger partial charge is 0.495 e. The molecule has 1 aliphatic heterocycles. The van der Waals surface area contributed by atoms with Crippen LogP contribution in [0.15, 0.2) is 12.1 Å². The average molecular weight is 355 g/mol. The maximum absolute atomic E-state index is 12.8. The minimum absolute atomic E-state index is 0.0994. The van der Waals surface area contributed by atoms with Gasteiger partial charge in [-0.15, -0.1) is 0 Å². The van der Waals surface area contributed by atoms with Crippen LogP contribution in [0, 0.1) is 11.8 Å². The van der Waals surface area contributed by atoms with Gasteiger partial charge in [0.1, 0.15) is 17.5 Å². The molecule has 0 bridgehead atoms. The molecule has 24 heavy (non-hydrogen) atoms. The van der Waals surface area contributed by atoms with Crippen LogP contribution in [0.5, 0.6) is 11.5 Å². The zero-order valence-electron chi connectivity index (χ0n) is 15.1. The molecular weight excluding hydrogens is 328 g/mol. The Morgan fingerprint density at radius 2 is 1.79 bits per heavy atom. The fraction of sp³-hybridized carbons (Fsp3) is 0.611. The van der Waals surface area contributed by atoms with E-state index in [1.807, 2.05) is 11.8 Å². The topological polar surface area (TPSA) is 50.8 Å². The van der Waals surface area contributed by atoms with E-state index in [0.717, 1.165) is 13.1 Å².